The second-order valence-corrected chi connectivity index (χ2v) is 3.87. The molecule has 1 aliphatic carbocycles. The molecule has 2 rings (SSSR count). The molecule has 1 fully saturated rings. The van der Waals surface area contributed by atoms with Gasteiger partial charge < -0.3 is 16.2 Å². The average molecular weight is 197 g/mol. The molecule has 1 aromatic rings. The van der Waals surface area contributed by atoms with Crippen LogP contribution in [0.4, 0.5) is 11.9 Å². The lowest BCUT2D eigenvalue weighted by Crippen LogP contribution is -2.17. The fourth-order valence-electron chi connectivity index (χ4n) is 1.55. The molecule has 0 aliphatic heterocycles. The average Bonchev–Trinajstić information content (AvgIpc) is 2.80. The van der Waals surface area contributed by atoms with Crippen LogP contribution in [0.5, 0.6) is 0 Å². The first-order valence-corrected chi connectivity index (χ1v) is 4.77. The van der Waals surface area contributed by atoms with E-state index in [0.29, 0.717) is 11.9 Å². The van der Waals surface area contributed by atoms with Crippen LogP contribution in [0, 0.1) is 5.41 Å². The van der Waals surface area contributed by atoms with Gasteiger partial charge in [-0.1, -0.05) is 0 Å². The summed E-state index contributed by atoms with van der Waals surface area (Å²) in [6, 6.07) is 0. The number of aromatic amines is 1. The molecular formula is C8H15N5O. The summed E-state index contributed by atoms with van der Waals surface area (Å²) in [6.07, 6.45) is 3.18. The Kier molecular flexibility index (Phi) is 2.28. The molecule has 0 amide bonds. The van der Waals surface area contributed by atoms with Crippen molar-refractivity contribution in [1.82, 2.24) is 15.2 Å². The highest BCUT2D eigenvalue weighted by Crippen LogP contribution is 2.48. The summed E-state index contributed by atoms with van der Waals surface area (Å²) in [5.41, 5.74) is 5.65. The van der Waals surface area contributed by atoms with E-state index in [1.165, 1.54) is 12.8 Å². The third kappa shape index (κ3) is 1.95. The van der Waals surface area contributed by atoms with Crippen molar-refractivity contribution in [2.45, 2.75) is 19.3 Å². The molecule has 0 unspecified atom stereocenters. The summed E-state index contributed by atoms with van der Waals surface area (Å²) in [7, 11) is 0. The van der Waals surface area contributed by atoms with Gasteiger partial charge in [0.25, 0.3) is 0 Å². The van der Waals surface area contributed by atoms with Gasteiger partial charge in [-0.3, -0.25) is 0 Å². The van der Waals surface area contributed by atoms with Crippen LogP contribution in [0.2, 0.25) is 0 Å². The van der Waals surface area contributed by atoms with Crippen LogP contribution in [0.15, 0.2) is 0 Å². The van der Waals surface area contributed by atoms with Crippen molar-refractivity contribution in [2.75, 3.05) is 24.2 Å². The van der Waals surface area contributed by atoms with E-state index in [-0.39, 0.29) is 12.0 Å². The lowest BCUT2D eigenvalue weighted by molar-refractivity contribution is 0.253. The number of rotatable bonds is 5. The molecule has 0 atom stereocenters. The number of aromatic nitrogens is 3. The standard InChI is InChI=1S/C8H15N5O/c9-6-11-7(13-12-6)10-5-8(1-2-8)3-4-14/h14H,1-5H2,(H4,9,10,11,12,13). The number of H-pyrrole nitrogens is 1. The van der Waals surface area contributed by atoms with Crippen LogP contribution in [0.3, 0.4) is 0 Å². The van der Waals surface area contributed by atoms with Crippen LogP contribution >= 0.6 is 0 Å². The SMILES string of the molecule is Nc1nc(NCC2(CCO)CC2)n[nH]1. The summed E-state index contributed by atoms with van der Waals surface area (Å²) in [4.78, 5) is 3.94. The number of nitrogens with one attached hydrogen (secondary N) is 2. The molecular weight excluding hydrogens is 182 g/mol. The van der Waals surface area contributed by atoms with Crippen LogP contribution < -0.4 is 11.1 Å². The summed E-state index contributed by atoms with van der Waals surface area (Å²) < 4.78 is 0. The van der Waals surface area contributed by atoms with Crippen molar-refractivity contribution < 1.29 is 5.11 Å². The quantitative estimate of drug-likeness (QED) is 0.531. The minimum absolute atomic E-state index is 0.248. The zero-order chi connectivity index (χ0) is 10.0. The number of nitrogen functional groups attached to an aromatic ring is 1. The molecule has 6 heteroatoms. The summed E-state index contributed by atoms with van der Waals surface area (Å²) in [5.74, 6) is 0.853. The molecule has 5 N–H and O–H groups in total. The second-order valence-electron chi connectivity index (χ2n) is 3.87. The fourth-order valence-corrected chi connectivity index (χ4v) is 1.55. The van der Waals surface area contributed by atoms with Gasteiger partial charge in [-0.25, -0.2) is 5.10 Å². The van der Waals surface area contributed by atoms with Crippen LogP contribution in [-0.2, 0) is 0 Å². The van der Waals surface area contributed by atoms with E-state index in [1.54, 1.807) is 0 Å². The van der Waals surface area contributed by atoms with Gasteiger partial charge in [-0.15, -0.1) is 5.10 Å². The first kappa shape index (κ1) is 9.26. The third-order valence-corrected chi connectivity index (χ3v) is 2.72. The number of aliphatic hydroxyl groups is 1. The molecule has 0 spiro atoms. The molecule has 1 aliphatic rings. The first-order valence-electron chi connectivity index (χ1n) is 4.77. The van der Waals surface area contributed by atoms with Crippen molar-refractivity contribution >= 4 is 11.9 Å². The van der Waals surface area contributed by atoms with Gasteiger partial charge in [-0.2, -0.15) is 4.98 Å². The molecule has 1 saturated carbocycles. The molecule has 1 aromatic heterocycles. The Bertz CT molecular complexity index is 306. The third-order valence-electron chi connectivity index (χ3n) is 2.72. The Labute approximate surface area is 81.9 Å². The Morgan fingerprint density at radius 2 is 2.36 bits per heavy atom. The minimum Gasteiger partial charge on any atom is -0.396 e. The Morgan fingerprint density at radius 1 is 1.57 bits per heavy atom. The minimum atomic E-state index is 0.248. The lowest BCUT2D eigenvalue weighted by atomic mass is 10.0. The van der Waals surface area contributed by atoms with Gasteiger partial charge in [0.2, 0.25) is 11.9 Å². The van der Waals surface area contributed by atoms with Gasteiger partial charge in [0.1, 0.15) is 0 Å². The lowest BCUT2D eigenvalue weighted by Gasteiger charge is -2.12. The second kappa shape index (κ2) is 3.45. The Balaban J connectivity index is 1.82. The highest BCUT2D eigenvalue weighted by molar-refractivity contribution is 5.30. The predicted molar refractivity (Wildman–Crippen MR) is 52.7 cm³/mol. The van der Waals surface area contributed by atoms with Gasteiger partial charge in [0.05, 0.1) is 0 Å². The van der Waals surface area contributed by atoms with Crippen molar-refractivity contribution in [1.29, 1.82) is 0 Å². The van der Waals surface area contributed by atoms with E-state index in [1.807, 2.05) is 0 Å². The zero-order valence-corrected chi connectivity index (χ0v) is 7.95. The van der Waals surface area contributed by atoms with E-state index in [4.69, 9.17) is 10.8 Å². The summed E-state index contributed by atoms with van der Waals surface area (Å²) in [5, 5.41) is 18.4. The van der Waals surface area contributed by atoms with Crippen molar-refractivity contribution in [3.63, 3.8) is 0 Å². The van der Waals surface area contributed by atoms with E-state index < -0.39 is 0 Å². The molecule has 0 radical (unpaired) electrons. The summed E-state index contributed by atoms with van der Waals surface area (Å²) in [6.45, 7) is 1.06. The van der Waals surface area contributed by atoms with Crippen molar-refractivity contribution in [3.05, 3.63) is 0 Å². The normalized spacial score (nSPS) is 18.1. The fraction of sp³-hybridized carbons (Fsp3) is 0.750. The number of nitrogens with zero attached hydrogens (tertiary/aromatic N) is 2. The van der Waals surface area contributed by atoms with Crippen LogP contribution in [0.25, 0.3) is 0 Å². The Morgan fingerprint density at radius 3 is 2.86 bits per heavy atom. The number of anilines is 2. The first-order chi connectivity index (χ1) is 6.74. The number of nitrogens with two attached hydrogens (primary N) is 1. The molecule has 1 heterocycles. The predicted octanol–water partition coefficient (Wildman–Crippen LogP) is -0.0386. The molecule has 0 bridgehead atoms. The van der Waals surface area contributed by atoms with Gasteiger partial charge in [0.15, 0.2) is 0 Å². The van der Waals surface area contributed by atoms with E-state index >= 15 is 0 Å². The number of hydrogen-bond donors (Lipinski definition) is 4. The molecule has 78 valence electrons. The zero-order valence-electron chi connectivity index (χ0n) is 7.95. The maximum atomic E-state index is 8.86. The van der Waals surface area contributed by atoms with Crippen molar-refractivity contribution in [3.8, 4) is 0 Å². The largest absolute Gasteiger partial charge is 0.396 e. The molecule has 14 heavy (non-hydrogen) atoms. The highest BCUT2D eigenvalue weighted by Gasteiger charge is 2.41. The monoisotopic (exact) mass is 197 g/mol. The van der Waals surface area contributed by atoms with Crippen molar-refractivity contribution in [2.24, 2.45) is 5.41 Å². The van der Waals surface area contributed by atoms with E-state index in [9.17, 15) is 0 Å². The molecule has 6 nitrogen and oxygen atoms in total. The van der Waals surface area contributed by atoms with Gasteiger partial charge in [-0.05, 0) is 24.7 Å². The summed E-state index contributed by atoms with van der Waals surface area (Å²) >= 11 is 0. The van der Waals surface area contributed by atoms with Crippen LogP contribution in [0.1, 0.15) is 19.3 Å². The van der Waals surface area contributed by atoms with Crippen LogP contribution in [-0.4, -0.2) is 33.4 Å². The maximum absolute atomic E-state index is 8.86. The highest BCUT2D eigenvalue weighted by atomic mass is 16.3. The molecule has 0 saturated heterocycles. The van der Waals surface area contributed by atoms with Gasteiger partial charge >= 0.3 is 0 Å². The number of aliphatic hydroxyl groups excluding tert-OH is 1. The van der Waals surface area contributed by atoms with E-state index in [2.05, 4.69) is 20.5 Å². The van der Waals surface area contributed by atoms with E-state index in [0.717, 1.165) is 13.0 Å². The van der Waals surface area contributed by atoms with Gasteiger partial charge in [0, 0.05) is 13.2 Å². The topological polar surface area (TPSA) is 99.8 Å². The Hall–Kier alpha value is -1.30. The maximum Gasteiger partial charge on any atom is 0.243 e. The smallest absolute Gasteiger partial charge is 0.243 e. The molecule has 0 aromatic carbocycles. The number of hydrogen-bond acceptors (Lipinski definition) is 5.